The summed E-state index contributed by atoms with van der Waals surface area (Å²) in [7, 11) is 1.82. The molecule has 3 N–H and O–H groups in total. The number of pyridine rings is 2. The maximum Gasteiger partial charge on any atom is 0.294 e. The summed E-state index contributed by atoms with van der Waals surface area (Å²) >= 11 is 0. The van der Waals surface area contributed by atoms with Crippen LogP contribution in [0.3, 0.4) is 0 Å². The second-order valence-corrected chi connectivity index (χ2v) is 10.6. The molecule has 4 aromatic rings. The Morgan fingerprint density at radius 1 is 1.18 bits per heavy atom. The molecule has 0 aromatic carbocycles. The summed E-state index contributed by atoms with van der Waals surface area (Å²) in [6.45, 7) is 9.85. The van der Waals surface area contributed by atoms with E-state index in [1.807, 2.05) is 19.3 Å². The van der Waals surface area contributed by atoms with E-state index in [0.717, 1.165) is 18.7 Å². The van der Waals surface area contributed by atoms with Crippen molar-refractivity contribution in [3.63, 3.8) is 0 Å². The summed E-state index contributed by atoms with van der Waals surface area (Å²) in [5.74, 6) is 0.0617. The van der Waals surface area contributed by atoms with Gasteiger partial charge in [0.25, 0.3) is 5.91 Å². The molecule has 1 aliphatic rings. The summed E-state index contributed by atoms with van der Waals surface area (Å²) in [6, 6.07) is 5.27. The number of anilines is 2. The van der Waals surface area contributed by atoms with E-state index in [-0.39, 0.29) is 17.1 Å². The van der Waals surface area contributed by atoms with Crippen molar-refractivity contribution in [1.29, 1.82) is 0 Å². The van der Waals surface area contributed by atoms with Gasteiger partial charge in [0.2, 0.25) is 11.7 Å². The fourth-order valence-corrected chi connectivity index (χ4v) is 4.80. The Morgan fingerprint density at radius 2 is 1.95 bits per heavy atom. The lowest BCUT2D eigenvalue weighted by Crippen LogP contribution is -2.54. The molecule has 0 radical (unpaired) electrons. The first kappa shape index (κ1) is 25.5. The van der Waals surface area contributed by atoms with Gasteiger partial charge in [-0.1, -0.05) is 13.8 Å². The van der Waals surface area contributed by atoms with Gasteiger partial charge in [0.05, 0.1) is 35.5 Å². The Kier molecular flexibility index (Phi) is 6.45. The largest absolute Gasteiger partial charge is 0.385 e. The Labute approximate surface area is 219 Å². The Hall–Kier alpha value is -4.16. The van der Waals surface area contributed by atoms with Gasteiger partial charge in [0.1, 0.15) is 11.9 Å². The first-order valence-electron chi connectivity index (χ1n) is 12.4. The molecule has 0 aliphatic carbocycles. The molecular weight excluding hydrogens is 486 g/mol. The van der Waals surface area contributed by atoms with Crippen molar-refractivity contribution < 1.29 is 14.7 Å². The van der Waals surface area contributed by atoms with E-state index in [1.165, 1.54) is 0 Å². The monoisotopic (exact) mass is 517 g/mol. The Balaban J connectivity index is 1.30. The van der Waals surface area contributed by atoms with Crippen LogP contribution in [-0.4, -0.2) is 70.6 Å². The molecule has 12 nitrogen and oxygen atoms in total. The number of aliphatic hydroxyl groups excluding tert-OH is 1. The summed E-state index contributed by atoms with van der Waals surface area (Å²) in [5.41, 5.74) is 3.74. The van der Waals surface area contributed by atoms with E-state index in [1.54, 1.807) is 47.3 Å². The highest BCUT2D eigenvalue weighted by Crippen LogP contribution is 2.28. The molecule has 38 heavy (non-hydrogen) atoms. The first-order chi connectivity index (χ1) is 18.0. The lowest BCUT2D eigenvalue weighted by Gasteiger charge is -2.45. The number of nitrogens with zero attached hydrogens (tertiary/aromatic N) is 7. The Morgan fingerprint density at radius 3 is 2.63 bits per heavy atom. The fourth-order valence-electron chi connectivity index (χ4n) is 4.80. The van der Waals surface area contributed by atoms with Gasteiger partial charge in [-0.2, -0.15) is 0 Å². The summed E-state index contributed by atoms with van der Waals surface area (Å²) in [4.78, 5) is 36.5. The standard InChI is InChI=1S/C26H31N9O3/c1-15-19(9-18(10-27-15)28-22(37)12-34-13-26(3,4)14-34)30-25(38)24-32-31-21-8-17(6-7-35(21)24)20-11-33(5)23(29-20)16(2)36/h6-11,16,36H,12-14H2,1-5H3,(H,28,37)(H,30,38). The van der Waals surface area contributed by atoms with Crippen molar-refractivity contribution in [3.05, 3.63) is 54.1 Å². The van der Waals surface area contributed by atoms with E-state index < -0.39 is 12.0 Å². The zero-order valence-corrected chi connectivity index (χ0v) is 22.1. The molecule has 2 amide bonds. The van der Waals surface area contributed by atoms with Crippen molar-refractivity contribution in [3.8, 4) is 11.3 Å². The van der Waals surface area contributed by atoms with Gasteiger partial charge in [-0.3, -0.25) is 23.9 Å². The van der Waals surface area contributed by atoms with Crippen molar-refractivity contribution in [2.24, 2.45) is 12.5 Å². The normalized spacial score (nSPS) is 15.7. The number of fused-ring (bicyclic) bond motifs is 1. The van der Waals surface area contributed by atoms with Crippen LogP contribution in [0.2, 0.25) is 0 Å². The van der Waals surface area contributed by atoms with E-state index in [0.29, 0.717) is 40.8 Å². The van der Waals surface area contributed by atoms with Crippen LogP contribution < -0.4 is 10.6 Å². The third kappa shape index (κ3) is 5.13. The minimum atomic E-state index is -0.696. The van der Waals surface area contributed by atoms with Crippen molar-refractivity contribution in [2.45, 2.75) is 33.8 Å². The van der Waals surface area contributed by atoms with Crippen LogP contribution in [-0.2, 0) is 11.8 Å². The molecule has 0 bridgehead atoms. The summed E-state index contributed by atoms with van der Waals surface area (Å²) < 4.78 is 3.35. The number of amides is 2. The molecule has 1 saturated heterocycles. The number of imidazole rings is 1. The van der Waals surface area contributed by atoms with Gasteiger partial charge < -0.3 is 20.3 Å². The molecule has 4 aromatic heterocycles. The van der Waals surface area contributed by atoms with E-state index in [4.69, 9.17) is 0 Å². The fraction of sp³-hybridized carbons (Fsp3) is 0.385. The number of aryl methyl sites for hydroxylation is 2. The third-order valence-electron chi connectivity index (χ3n) is 6.48. The van der Waals surface area contributed by atoms with Crippen molar-refractivity contribution >= 4 is 28.8 Å². The van der Waals surface area contributed by atoms with Crippen LogP contribution in [0.1, 0.15) is 49.0 Å². The van der Waals surface area contributed by atoms with Crippen LogP contribution in [0, 0.1) is 12.3 Å². The van der Waals surface area contributed by atoms with Crippen LogP contribution in [0.15, 0.2) is 36.8 Å². The van der Waals surface area contributed by atoms with Crippen molar-refractivity contribution in [1.82, 2.24) is 34.0 Å². The van der Waals surface area contributed by atoms with Crippen LogP contribution >= 0.6 is 0 Å². The number of aliphatic hydroxyl groups is 1. The highest BCUT2D eigenvalue weighted by molar-refractivity contribution is 6.03. The topological polar surface area (TPSA) is 143 Å². The third-order valence-corrected chi connectivity index (χ3v) is 6.48. The van der Waals surface area contributed by atoms with Gasteiger partial charge in [-0.05, 0) is 37.5 Å². The Bertz CT molecular complexity index is 1530. The minimum Gasteiger partial charge on any atom is -0.385 e. The quantitative estimate of drug-likeness (QED) is 0.339. The number of nitrogens with one attached hydrogen (secondary N) is 2. The smallest absolute Gasteiger partial charge is 0.294 e. The number of likely N-dealkylation sites (tertiary alicyclic amines) is 1. The molecule has 1 atom stereocenters. The second-order valence-electron chi connectivity index (χ2n) is 10.6. The lowest BCUT2D eigenvalue weighted by molar-refractivity contribution is -0.120. The highest BCUT2D eigenvalue weighted by Gasteiger charge is 2.34. The number of carbonyl (C=O) groups is 2. The zero-order valence-electron chi connectivity index (χ0n) is 22.1. The number of rotatable bonds is 7. The molecule has 1 fully saturated rings. The maximum absolute atomic E-state index is 13.1. The van der Waals surface area contributed by atoms with Gasteiger partial charge in [0.15, 0.2) is 5.65 Å². The van der Waals surface area contributed by atoms with Gasteiger partial charge >= 0.3 is 0 Å². The predicted molar refractivity (Wildman–Crippen MR) is 142 cm³/mol. The number of aromatic nitrogens is 6. The van der Waals surface area contributed by atoms with Crippen LogP contribution in [0.4, 0.5) is 11.4 Å². The zero-order chi connectivity index (χ0) is 27.2. The maximum atomic E-state index is 13.1. The number of carbonyl (C=O) groups excluding carboxylic acids is 2. The average molecular weight is 518 g/mol. The molecule has 0 spiro atoms. The molecule has 5 rings (SSSR count). The molecule has 5 heterocycles. The van der Waals surface area contributed by atoms with Crippen LogP contribution in [0.25, 0.3) is 16.9 Å². The van der Waals surface area contributed by atoms with E-state index >= 15 is 0 Å². The molecule has 0 saturated carbocycles. The molecular formula is C26H31N9O3. The van der Waals surface area contributed by atoms with Gasteiger partial charge in [-0.25, -0.2) is 4.98 Å². The molecule has 1 aliphatic heterocycles. The molecule has 198 valence electrons. The van der Waals surface area contributed by atoms with Gasteiger partial charge in [-0.15, -0.1) is 10.2 Å². The number of hydrogen-bond donors (Lipinski definition) is 3. The molecule has 12 heteroatoms. The van der Waals surface area contributed by atoms with E-state index in [9.17, 15) is 14.7 Å². The first-order valence-corrected chi connectivity index (χ1v) is 12.4. The summed E-state index contributed by atoms with van der Waals surface area (Å²) in [5, 5.41) is 23.8. The molecule has 1 unspecified atom stereocenters. The predicted octanol–water partition coefficient (Wildman–Crippen LogP) is 2.42. The van der Waals surface area contributed by atoms with Crippen molar-refractivity contribution in [2.75, 3.05) is 30.3 Å². The van der Waals surface area contributed by atoms with E-state index in [2.05, 4.69) is 49.5 Å². The SMILES string of the molecule is Cc1ncc(NC(=O)CN2CC(C)(C)C2)cc1NC(=O)c1nnc2cc(-c3cn(C)c(C(C)O)n3)ccn12. The number of hydrogen-bond acceptors (Lipinski definition) is 8. The highest BCUT2D eigenvalue weighted by atomic mass is 16.3. The second kappa shape index (κ2) is 9.62. The minimum absolute atomic E-state index is 0.103. The average Bonchev–Trinajstić information content (AvgIpc) is 3.43. The van der Waals surface area contributed by atoms with Crippen LogP contribution in [0.5, 0.6) is 0 Å². The lowest BCUT2D eigenvalue weighted by atomic mass is 9.84. The summed E-state index contributed by atoms with van der Waals surface area (Å²) in [6.07, 6.45) is 4.40. The van der Waals surface area contributed by atoms with Gasteiger partial charge in [0, 0.05) is 38.1 Å².